The van der Waals surface area contributed by atoms with Crippen molar-refractivity contribution >= 4 is 73.3 Å². The Morgan fingerprint density at radius 2 is 0.591 bits per heavy atom. The van der Waals surface area contributed by atoms with E-state index in [-0.39, 0.29) is 281 Å². The van der Waals surface area contributed by atoms with Crippen molar-refractivity contribution in [2.75, 3.05) is 137 Å². The van der Waals surface area contributed by atoms with Crippen LogP contribution in [0.4, 0.5) is 22.7 Å². The summed E-state index contributed by atoms with van der Waals surface area (Å²) in [6.07, 6.45) is 0.191. The monoisotopic (exact) mass is 1940 g/mol. The van der Waals surface area contributed by atoms with E-state index in [1.165, 1.54) is 77.7 Å². The van der Waals surface area contributed by atoms with Gasteiger partial charge in [-0.15, -0.1) is 0 Å². The number of hydrogen-bond acceptors (Lipinski definition) is 34. The number of aliphatic hydroxyl groups is 10. The van der Waals surface area contributed by atoms with Gasteiger partial charge >= 0.3 is 170 Å². The van der Waals surface area contributed by atoms with Crippen LogP contribution in [0, 0.1) is 0 Å². The summed E-state index contributed by atoms with van der Waals surface area (Å²) in [5.41, 5.74) is 1.90. The summed E-state index contributed by atoms with van der Waals surface area (Å²) in [6.45, 7) is 20.0. The number of anilines is 4. The van der Waals surface area contributed by atoms with Gasteiger partial charge in [0.1, 0.15) is 64.7 Å². The molecule has 696 valence electrons. The summed E-state index contributed by atoms with van der Waals surface area (Å²) >= 11 is 0. The Bertz CT molecular complexity index is 4110. The second-order valence-electron chi connectivity index (χ2n) is 28.6. The minimum atomic E-state index is -4.61. The Morgan fingerprint density at radius 3 is 0.811 bits per heavy atom. The Labute approximate surface area is 885 Å². The molecule has 0 aliphatic rings. The molecule has 0 spiro atoms. The standard InChI is InChI=1S/C20H35NO7S.C14H23NO6S.3C14H23NO5S.C7H8O.2K.2Li.Na/c1-3-5-10-27-15-18(22)13-21(14-19(23)16-28-11-6-4-2)17-8-7-9-20(12-17)29(24,25)26;1-12(16)9-15(7-8-22(18,19)20)10-13(17)11-21-14-5-3-2-4-6-14;3*1-3-12(16)9-15(10-13(17)4-2)11-6-5-7-14(8-11)21(18,19)20;1-8-7-5-3-2-4-6-7;;;;;/h7-9,12,18-19,22-23H,3-6,10-11,13-16H2,1-2H3,(H,24,25,26);2-6,12-13,16-17H,7-11H2,1H3,(H,18,19,20);3*5-8,12-13,16-17H,3-4,9-10H2,1-2H3,(H,18,19,20);2-6H,1H3;;;;;/q;;;;;;5*+1/p-5. The van der Waals surface area contributed by atoms with Gasteiger partial charge < -0.3 is 112 Å². The molecule has 0 fully saturated rings. The van der Waals surface area contributed by atoms with Crippen LogP contribution in [0.15, 0.2) is 177 Å². The molecule has 0 amide bonds. The molecule has 0 heterocycles. The molecule has 6 aromatic carbocycles. The molecule has 0 saturated heterocycles. The molecule has 127 heavy (non-hydrogen) atoms. The Kier molecular flexibility index (Phi) is 77.9. The molecule has 0 bridgehead atoms. The van der Waals surface area contributed by atoms with E-state index in [1.807, 2.05) is 91.8 Å². The Balaban J connectivity index is -0.000000475. The third-order valence-electron chi connectivity index (χ3n) is 17.9. The molecule has 0 aliphatic heterocycles. The van der Waals surface area contributed by atoms with Crippen molar-refractivity contribution in [3.8, 4) is 11.5 Å². The van der Waals surface area contributed by atoms with Gasteiger partial charge in [0.05, 0.1) is 111 Å². The van der Waals surface area contributed by atoms with Crippen molar-refractivity contribution in [2.45, 2.75) is 207 Å². The van der Waals surface area contributed by atoms with Gasteiger partial charge in [-0.25, -0.2) is 42.1 Å². The molecule has 0 radical (unpaired) electrons. The number of para-hydroxylation sites is 2. The molecule has 10 N–H and O–H groups in total. The number of unbranched alkanes of at least 4 members (excludes halogenated alkanes) is 2. The molecule has 0 aliphatic carbocycles. The van der Waals surface area contributed by atoms with Crippen LogP contribution >= 0.6 is 0 Å². The molecular weight excluding hydrogens is 1810 g/mol. The first-order valence-corrected chi connectivity index (χ1v) is 47.6. The third kappa shape index (κ3) is 63.6. The van der Waals surface area contributed by atoms with Crippen molar-refractivity contribution in [1.29, 1.82) is 0 Å². The summed E-state index contributed by atoms with van der Waals surface area (Å²) in [4.78, 5) is 6.92. The van der Waals surface area contributed by atoms with E-state index in [1.54, 1.807) is 82.2 Å². The van der Waals surface area contributed by atoms with E-state index in [0.29, 0.717) is 80.2 Å². The molecule has 0 saturated carbocycles. The topological polar surface area (TPSA) is 541 Å². The van der Waals surface area contributed by atoms with Gasteiger partial charge in [-0.1, -0.05) is 129 Å². The van der Waals surface area contributed by atoms with Crippen molar-refractivity contribution in [3.63, 3.8) is 0 Å². The molecule has 6 aromatic rings. The maximum Gasteiger partial charge on any atom is 1.00 e. The summed E-state index contributed by atoms with van der Waals surface area (Å²) in [5, 5.41) is 98.8. The normalized spacial score (nSPS) is 13.6. The van der Waals surface area contributed by atoms with Crippen LogP contribution in [0.2, 0.25) is 0 Å². The summed E-state index contributed by atoms with van der Waals surface area (Å²) in [5.74, 6) is 0.963. The largest absolute Gasteiger partial charge is 1.00 e. The van der Waals surface area contributed by atoms with E-state index in [0.717, 1.165) is 31.4 Å². The van der Waals surface area contributed by atoms with Crippen molar-refractivity contribution in [3.05, 3.63) is 158 Å². The SMILES string of the molecule is CC(O)CN(CCS(=O)(=O)[O-])CC(O)COc1ccccc1.CCC(O)CN(CC(O)CC)c1cccc(S(=O)(=O)[O-])c1.CCC(O)CN(CC(O)CC)c1cccc(S(=O)(=O)[O-])c1.CCC(O)CN(CC(O)CC)c1cccc(S(=O)(=O)[O-])c1.CCCCOCC(O)CN(CC(O)COCCCC)c1cccc(S(=O)(=O)[O-])c1.COc1ccccc1.[K+].[K+].[Li+].[Li+].[Na+]. The minimum Gasteiger partial charge on any atom is -0.748 e. The number of methoxy groups -OCH3 is 1. The average Bonchev–Trinajstić information content (AvgIpc) is 0.846. The first-order valence-electron chi connectivity index (χ1n) is 40.4. The van der Waals surface area contributed by atoms with E-state index in [2.05, 4.69) is 0 Å². The van der Waals surface area contributed by atoms with Gasteiger partial charge in [0.25, 0.3) is 0 Å². The van der Waals surface area contributed by atoms with Crippen LogP contribution in [0.1, 0.15) is 127 Å². The molecule has 10 unspecified atom stereocenters. The smallest absolute Gasteiger partial charge is 0.748 e. The second-order valence-corrected chi connectivity index (χ2v) is 35.7. The van der Waals surface area contributed by atoms with Crippen molar-refractivity contribution in [1.82, 2.24) is 4.90 Å². The van der Waals surface area contributed by atoms with Gasteiger partial charge in [0.15, 0.2) is 0 Å². The third-order valence-corrected chi connectivity index (χ3v) is 21.9. The molecule has 10 atom stereocenters. The van der Waals surface area contributed by atoms with Crippen LogP contribution in [-0.4, -0.2) is 300 Å². The van der Waals surface area contributed by atoms with Crippen molar-refractivity contribution in [2.24, 2.45) is 0 Å². The van der Waals surface area contributed by atoms with E-state index < -0.39 is 117 Å². The number of rotatable bonds is 51. The first-order chi connectivity index (χ1) is 57.3. The molecule has 0 aromatic heterocycles. The van der Waals surface area contributed by atoms with Gasteiger partial charge in [-0.05, 0) is 155 Å². The predicted molar refractivity (Wildman–Crippen MR) is 461 cm³/mol. The summed E-state index contributed by atoms with van der Waals surface area (Å²) in [6, 6.07) is 41.1. The molecule has 6 rings (SSSR count). The fourth-order valence-corrected chi connectivity index (χ4v) is 13.3. The average molecular weight is 1940 g/mol. The first kappa shape index (κ1) is 134. The van der Waals surface area contributed by atoms with E-state index in [9.17, 15) is 116 Å². The fraction of sp³-hybridized carbons (Fsp3) is 0.566. The maximum atomic E-state index is 11.3. The van der Waals surface area contributed by atoms with Gasteiger partial charge in [0.2, 0.25) is 0 Å². The number of nitrogens with zero attached hydrogens (tertiary/aromatic N) is 5. The van der Waals surface area contributed by atoms with Crippen molar-refractivity contribution < 1.29 is 305 Å². The predicted octanol–water partition coefficient (Wildman–Crippen LogP) is -9.06. The zero-order valence-corrected chi connectivity index (χ0v) is 88.7. The summed E-state index contributed by atoms with van der Waals surface area (Å²) < 4.78 is 187. The maximum absolute atomic E-state index is 11.3. The van der Waals surface area contributed by atoms with Crippen LogP contribution in [0.5, 0.6) is 11.5 Å². The summed E-state index contributed by atoms with van der Waals surface area (Å²) in [7, 11) is -20.9. The van der Waals surface area contributed by atoms with Gasteiger partial charge in [0, 0.05) is 108 Å². The second kappa shape index (κ2) is 73.8. The van der Waals surface area contributed by atoms with Crippen LogP contribution in [0.3, 0.4) is 0 Å². The van der Waals surface area contributed by atoms with Crippen LogP contribution in [-0.2, 0) is 60.1 Å². The zero-order chi connectivity index (χ0) is 92.2. The number of ether oxygens (including phenoxy) is 4. The Hall–Kier alpha value is -1.38. The van der Waals surface area contributed by atoms with Crippen LogP contribution in [0.25, 0.3) is 0 Å². The fourth-order valence-electron chi connectivity index (χ4n) is 10.8. The Morgan fingerprint density at radius 1 is 0.339 bits per heavy atom. The number of aliphatic hydroxyl groups excluding tert-OH is 10. The van der Waals surface area contributed by atoms with Gasteiger partial charge in [-0.3, -0.25) is 4.90 Å². The van der Waals surface area contributed by atoms with E-state index >= 15 is 0 Å². The van der Waals surface area contributed by atoms with Gasteiger partial charge in [-0.2, -0.15) is 0 Å². The molecule has 44 heteroatoms. The zero-order valence-electron chi connectivity index (χ0n) is 76.4. The minimum absolute atomic E-state index is 0. The molecular formula is C83H130K2Li2N5NaO29S5. The molecule has 34 nitrogen and oxygen atoms in total. The van der Waals surface area contributed by atoms with E-state index in [4.69, 9.17) is 18.9 Å². The number of hydrogen-bond donors (Lipinski definition) is 10. The van der Waals surface area contributed by atoms with Crippen LogP contribution < -0.4 is 199 Å². The number of benzene rings is 6. The quantitative estimate of drug-likeness (QED) is 0.00963.